The van der Waals surface area contributed by atoms with E-state index in [0.717, 1.165) is 4.90 Å². The Morgan fingerprint density at radius 3 is 2.43 bits per heavy atom. The fraction of sp³-hybridized carbons (Fsp3) is 0.800. The van der Waals surface area contributed by atoms with Crippen LogP contribution in [0.4, 0.5) is 4.79 Å². The van der Waals surface area contributed by atoms with Gasteiger partial charge in [-0.05, 0) is 38.9 Å². The number of carboxylic acid groups (broad SMARTS) is 1. The molecule has 28 heavy (non-hydrogen) atoms. The molecule has 2 rings (SSSR count). The molecular formula is C20H35NO6Si. The molecule has 0 aromatic rings. The van der Waals surface area contributed by atoms with Crippen molar-refractivity contribution in [3.8, 4) is 0 Å². The van der Waals surface area contributed by atoms with E-state index < -0.39 is 44.4 Å². The zero-order valence-corrected chi connectivity index (χ0v) is 19.3. The van der Waals surface area contributed by atoms with E-state index in [9.17, 15) is 14.7 Å². The molecule has 2 fully saturated rings. The Morgan fingerprint density at radius 2 is 2.00 bits per heavy atom. The topological polar surface area (TPSA) is 85.3 Å². The molecular weight excluding hydrogens is 378 g/mol. The third-order valence-corrected chi connectivity index (χ3v) is 10.5. The van der Waals surface area contributed by atoms with Crippen molar-refractivity contribution in [2.24, 2.45) is 5.92 Å². The molecule has 1 N–H and O–H groups in total. The highest BCUT2D eigenvalue weighted by Gasteiger charge is 2.54. The number of allylic oxidation sites excluding steroid dienone is 1. The molecule has 0 saturated carbocycles. The summed E-state index contributed by atoms with van der Waals surface area (Å²) in [6, 6.07) is -0.641. The monoisotopic (exact) mass is 413 g/mol. The van der Waals surface area contributed by atoms with E-state index in [2.05, 4.69) is 33.9 Å². The van der Waals surface area contributed by atoms with Gasteiger partial charge >= 0.3 is 6.09 Å². The zero-order chi connectivity index (χ0) is 21.5. The van der Waals surface area contributed by atoms with Crippen molar-refractivity contribution in [3.05, 3.63) is 12.2 Å². The lowest BCUT2D eigenvalue weighted by atomic mass is 9.92. The molecule has 7 nitrogen and oxygen atoms in total. The Morgan fingerprint density at radius 1 is 1.39 bits per heavy atom. The summed E-state index contributed by atoms with van der Waals surface area (Å²) >= 11 is 0. The van der Waals surface area contributed by atoms with Crippen LogP contribution in [0.15, 0.2) is 12.2 Å². The van der Waals surface area contributed by atoms with Crippen molar-refractivity contribution in [2.75, 3.05) is 6.61 Å². The number of carbonyl (C=O) groups excluding carboxylic acids is 1. The van der Waals surface area contributed by atoms with Gasteiger partial charge in [0.05, 0.1) is 18.8 Å². The number of carbonyl (C=O) groups is 2. The van der Waals surface area contributed by atoms with Gasteiger partial charge in [-0.25, -0.2) is 9.69 Å². The van der Waals surface area contributed by atoms with Crippen LogP contribution >= 0.6 is 0 Å². The summed E-state index contributed by atoms with van der Waals surface area (Å²) in [5.41, 5.74) is 0. The van der Waals surface area contributed by atoms with Crippen LogP contribution in [0.2, 0.25) is 18.1 Å². The van der Waals surface area contributed by atoms with E-state index in [0.29, 0.717) is 6.61 Å². The van der Waals surface area contributed by atoms with Crippen LogP contribution in [0, 0.1) is 5.92 Å². The highest BCUT2D eigenvalue weighted by Crippen LogP contribution is 2.42. The largest absolute Gasteiger partial charge is 0.465 e. The lowest BCUT2D eigenvalue weighted by molar-refractivity contribution is -0.155. The second-order valence-electron chi connectivity index (χ2n) is 9.64. The Kier molecular flexibility index (Phi) is 6.50. The van der Waals surface area contributed by atoms with E-state index in [1.165, 1.54) is 0 Å². The van der Waals surface area contributed by atoms with Gasteiger partial charge in [0, 0.05) is 12.3 Å². The maximum atomic E-state index is 12.5. The van der Waals surface area contributed by atoms with E-state index >= 15 is 0 Å². The standard InChI is InChI=1S/C20H35NO6Si/c1-9-10-13-11-15(22)21(18(23)24)16(13)17(14-12-25-20(5,6)26-14)27-28(7,8)19(2,3)4/h9-10,13-14,16-17H,11-12H2,1-8H3,(H,23,24)/b10-9-/t13-,14-,16-,17?/m1/s1. The van der Waals surface area contributed by atoms with Crippen molar-refractivity contribution in [1.82, 2.24) is 4.90 Å². The van der Waals surface area contributed by atoms with Gasteiger partial charge in [0.2, 0.25) is 5.91 Å². The molecule has 0 aromatic heterocycles. The summed E-state index contributed by atoms with van der Waals surface area (Å²) in [7, 11) is -2.28. The number of likely N-dealkylation sites (tertiary alicyclic amines) is 1. The molecule has 0 aliphatic carbocycles. The van der Waals surface area contributed by atoms with E-state index in [-0.39, 0.29) is 17.4 Å². The maximum Gasteiger partial charge on any atom is 0.414 e. The number of hydrogen-bond acceptors (Lipinski definition) is 5. The van der Waals surface area contributed by atoms with Crippen LogP contribution in [0.25, 0.3) is 0 Å². The minimum Gasteiger partial charge on any atom is -0.465 e. The second-order valence-corrected chi connectivity index (χ2v) is 14.4. The average molecular weight is 414 g/mol. The Bertz CT molecular complexity index is 639. The first-order valence-electron chi connectivity index (χ1n) is 9.87. The third-order valence-electron chi connectivity index (χ3n) is 6.03. The molecule has 160 valence electrons. The summed E-state index contributed by atoms with van der Waals surface area (Å²) < 4.78 is 18.6. The molecule has 0 bridgehead atoms. The van der Waals surface area contributed by atoms with E-state index in [1.54, 1.807) is 0 Å². The fourth-order valence-corrected chi connectivity index (χ4v) is 4.92. The minimum atomic E-state index is -2.28. The van der Waals surface area contributed by atoms with Gasteiger partial charge in [-0.3, -0.25) is 4.79 Å². The van der Waals surface area contributed by atoms with E-state index in [1.807, 2.05) is 32.9 Å². The Balaban J connectivity index is 2.49. The Labute approximate surface area is 169 Å². The summed E-state index contributed by atoms with van der Waals surface area (Å²) in [4.78, 5) is 25.4. The van der Waals surface area contributed by atoms with Gasteiger partial charge in [0.15, 0.2) is 14.1 Å². The Hall–Kier alpha value is -1.22. The maximum absolute atomic E-state index is 12.5. The van der Waals surface area contributed by atoms with Crippen LogP contribution in [-0.4, -0.2) is 61.0 Å². The second kappa shape index (κ2) is 7.89. The summed E-state index contributed by atoms with van der Waals surface area (Å²) in [5.74, 6) is -1.43. The number of amides is 2. The normalized spacial score (nSPS) is 29.6. The smallest absolute Gasteiger partial charge is 0.414 e. The first-order chi connectivity index (χ1) is 12.7. The first-order valence-corrected chi connectivity index (χ1v) is 12.8. The van der Waals surface area contributed by atoms with Gasteiger partial charge in [-0.1, -0.05) is 32.9 Å². The molecule has 2 saturated heterocycles. The molecule has 2 amide bonds. The van der Waals surface area contributed by atoms with Crippen LogP contribution in [0.1, 0.15) is 48.0 Å². The van der Waals surface area contributed by atoms with Gasteiger partial charge in [0.1, 0.15) is 6.10 Å². The number of hydrogen-bond donors (Lipinski definition) is 1. The van der Waals surface area contributed by atoms with Crippen molar-refractivity contribution >= 4 is 20.3 Å². The SMILES string of the molecule is C/C=C\[C@@H]1CC(=O)N(C(=O)O)[C@H]1C(O[Si](C)(C)C(C)(C)C)[C@H]1COC(C)(C)O1. The summed E-state index contributed by atoms with van der Waals surface area (Å²) in [6.07, 6.45) is 1.62. The minimum absolute atomic E-state index is 0.0764. The fourth-order valence-electron chi connectivity index (χ4n) is 3.59. The van der Waals surface area contributed by atoms with Crippen LogP contribution in [-0.2, 0) is 18.7 Å². The summed E-state index contributed by atoms with van der Waals surface area (Å²) in [5, 5.41) is 9.68. The van der Waals surface area contributed by atoms with Crippen molar-refractivity contribution in [2.45, 2.75) is 90.1 Å². The average Bonchev–Trinajstić information content (AvgIpc) is 3.03. The van der Waals surface area contributed by atoms with E-state index in [4.69, 9.17) is 13.9 Å². The molecule has 2 heterocycles. The summed E-state index contributed by atoms with van der Waals surface area (Å²) in [6.45, 7) is 16.4. The highest BCUT2D eigenvalue weighted by molar-refractivity contribution is 6.74. The molecule has 2 aliphatic heterocycles. The van der Waals surface area contributed by atoms with Crippen LogP contribution in [0.5, 0.6) is 0 Å². The van der Waals surface area contributed by atoms with Gasteiger partial charge < -0.3 is 19.0 Å². The van der Waals surface area contributed by atoms with Gasteiger partial charge in [-0.15, -0.1) is 0 Å². The highest BCUT2D eigenvalue weighted by atomic mass is 28.4. The number of rotatable bonds is 5. The van der Waals surface area contributed by atoms with Crippen molar-refractivity contribution in [1.29, 1.82) is 0 Å². The molecule has 0 aromatic carbocycles. The molecule has 0 radical (unpaired) electrons. The molecule has 0 spiro atoms. The third kappa shape index (κ3) is 4.67. The molecule has 8 heteroatoms. The lowest BCUT2D eigenvalue weighted by Crippen LogP contribution is -2.57. The number of imide groups is 1. The molecule has 4 atom stereocenters. The van der Waals surface area contributed by atoms with Crippen molar-refractivity contribution in [3.63, 3.8) is 0 Å². The quantitative estimate of drug-likeness (QED) is 0.542. The van der Waals surface area contributed by atoms with Gasteiger partial charge in [-0.2, -0.15) is 0 Å². The molecule has 1 unspecified atom stereocenters. The first kappa shape index (κ1) is 23.1. The number of ether oxygens (including phenoxy) is 2. The van der Waals surface area contributed by atoms with Crippen molar-refractivity contribution < 1.29 is 28.6 Å². The van der Waals surface area contributed by atoms with Crippen LogP contribution in [0.3, 0.4) is 0 Å². The predicted molar refractivity (Wildman–Crippen MR) is 109 cm³/mol. The molecule has 2 aliphatic rings. The van der Waals surface area contributed by atoms with Crippen LogP contribution < -0.4 is 0 Å². The predicted octanol–water partition coefficient (Wildman–Crippen LogP) is 4.00. The van der Waals surface area contributed by atoms with Gasteiger partial charge in [0.25, 0.3) is 0 Å². The lowest BCUT2D eigenvalue weighted by Gasteiger charge is -2.44. The zero-order valence-electron chi connectivity index (χ0n) is 18.3. The number of nitrogens with zero attached hydrogens (tertiary/aromatic N) is 1.